The summed E-state index contributed by atoms with van der Waals surface area (Å²) in [7, 11) is 3.83. The van der Waals surface area contributed by atoms with Gasteiger partial charge in [-0.15, -0.1) is 0 Å². The minimum Gasteiger partial charge on any atom is -0.472 e. The van der Waals surface area contributed by atoms with Crippen LogP contribution in [0.2, 0.25) is 0 Å². The molecule has 1 aliphatic heterocycles. The van der Waals surface area contributed by atoms with Crippen LogP contribution in [-0.2, 0) is 11.2 Å². The summed E-state index contributed by atoms with van der Waals surface area (Å²) in [5.41, 5.74) is 1.65. The van der Waals surface area contributed by atoms with Crippen molar-refractivity contribution in [2.24, 2.45) is 0 Å². The van der Waals surface area contributed by atoms with Gasteiger partial charge in [-0.25, -0.2) is 9.97 Å². The normalized spacial score (nSPS) is 17.0. The molecule has 1 saturated heterocycles. The van der Waals surface area contributed by atoms with Crippen LogP contribution in [0.15, 0.2) is 16.9 Å². The molecule has 0 aliphatic carbocycles. The van der Waals surface area contributed by atoms with Crippen LogP contribution >= 0.6 is 0 Å². The van der Waals surface area contributed by atoms with Gasteiger partial charge in [-0.05, 0) is 13.8 Å². The lowest BCUT2D eigenvalue weighted by Gasteiger charge is -2.17. The average molecular weight is 345 g/mol. The van der Waals surface area contributed by atoms with Crippen molar-refractivity contribution >= 4 is 11.7 Å². The number of carbonyl (C=O) groups is 1. The van der Waals surface area contributed by atoms with Gasteiger partial charge in [-0.1, -0.05) is 5.16 Å². The molecule has 0 N–H and O–H groups in total. The predicted octanol–water partition coefficient (Wildman–Crippen LogP) is 1.37. The molecule has 134 valence electrons. The van der Waals surface area contributed by atoms with Crippen LogP contribution in [0.3, 0.4) is 0 Å². The van der Waals surface area contributed by atoms with Crippen molar-refractivity contribution in [3.63, 3.8) is 0 Å². The minimum absolute atomic E-state index is 0.0569. The monoisotopic (exact) mass is 345 g/mol. The van der Waals surface area contributed by atoms with Gasteiger partial charge in [-0.3, -0.25) is 4.79 Å². The molecular formula is C17H23N5O3. The largest absolute Gasteiger partial charge is 0.472 e. The van der Waals surface area contributed by atoms with E-state index < -0.39 is 0 Å². The van der Waals surface area contributed by atoms with Crippen molar-refractivity contribution in [3.8, 4) is 5.88 Å². The molecule has 0 bridgehead atoms. The van der Waals surface area contributed by atoms with Gasteiger partial charge in [0.1, 0.15) is 24.0 Å². The lowest BCUT2D eigenvalue weighted by molar-refractivity contribution is -0.129. The first kappa shape index (κ1) is 17.2. The van der Waals surface area contributed by atoms with E-state index in [2.05, 4.69) is 15.1 Å². The summed E-state index contributed by atoms with van der Waals surface area (Å²) in [5.74, 6) is 2.09. The maximum atomic E-state index is 12.5. The van der Waals surface area contributed by atoms with Crippen LogP contribution in [0, 0.1) is 13.8 Å². The number of hydrogen-bond acceptors (Lipinski definition) is 7. The summed E-state index contributed by atoms with van der Waals surface area (Å²) in [6.45, 7) is 4.92. The second-order valence-electron chi connectivity index (χ2n) is 6.46. The Morgan fingerprint density at radius 1 is 1.40 bits per heavy atom. The Morgan fingerprint density at radius 3 is 2.88 bits per heavy atom. The van der Waals surface area contributed by atoms with Crippen molar-refractivity contribution in [3.05, 3.63) is 29.4 Å². The van der Waals surface area contributed by atoms with Crippen molar-refractivity contribution < 1.29 is 14.1 Å². The second-order valence-corrected chi connectivity index (χ2v) is 6.46. The first-order valence-corrected chi connectivity index (χ1v) is 8.29. The maximum absolute atomic E-state index is 12.5. The third-order valence-electron chi connectivity index (χ3n) is 4.38. The zero-order valence-electron chi connectivity index (χ0n) is 15.0. The highest BCUT2D eigenvalue weighted by Gasteiger charge is 2.29. The number of rotatable bonds is 5. The van der Waals surface area contributed by atoms with Crippen LogP contribution < -0.4 is 9.64 Å². The molecule has 8 nitrogen and oxygen atoms in total. The van der Waals surface area contributed by atoms with Gasteiger partial charge in [0, 0.05) is 38.7 Å². The lowest BCUT2D eigenvalue weighted by Crippen LogP contribution is -2.32. The number of anilines is 1. The molecule has 0 saturated carbocycles. The van der Waals surface area contributed by atoms with Gasteiger partial charge < -0.3 is 19.1 Å². The summed E-state index contributed by atoms with van der Waals surface area (Å²) in [4.78, 5) is 24.6. The fourth-order valence-corrected chi connectivity index (χ4v) is 2.88. The molecule has 1 fully saturated rings. The van der Waals surface area contributed by atoms with E-state index in [1.54, 1.807) is 6.07 Å². The standard InChI is InChI=1S/C17H23N5O3/c1-11-14(12(2)25-20-11)7-17(23)22-6-5-13(9-22)24-16-8-15(21(3)4)18-10-19-16/h8,10,13H,5-7,9H2,1-4H3. The van der Waals surface area contributed by atoms with E-state index in [0.717, 1.165) is 23.5 Å². The fourth-order valence-electron chi connectivity index (χ4n) is 2.88. The molecule has 2 aromatic rings. The summed E-state index contributed by atoms with van der Waals surface area (Å²) in [6, 6.07) is 1.80. The number of ether oxygens (including phenoxy) is 1. The Hall–Kier alpha value is -2.64. The van der Waals surface area contributed by atoms with Crippen LogP contribution in [-0.4, -0.2) is 59.2 Å². The molecular weight excluding hydrogens is 322 g/mol. The molecule has 1 aliphatic rings. The Labute approximate surface area is 146 Å². The number of carbonyl (C=O) groups excluding carboxylic acids is 1. The zero-order valence-corrected chi connectivity index (χ0v) is 15.0. The van der Waals surface area contributed by atoms with Gasteiger partial charge >= 0.3 is 0 Å². The molecule has 2 aromatic heterocycles. The third-order valence-corrected chi connectivity index (χ3v) is 4.38. The van der Waals surface area contributed by atoms with E-state index in [4.69, 9.17) is 9.26 Å². The minimum atomic E-state index is -0.0569. The van der Waals surface area contributed by atoms with E-state index >= 15 is 0 Å². The second kappa shape index (κ2) is 7.08. The van der Waals surface area contributed by atoms with Crippen LogP contribution in [0.25, 0.3) is 0 Å². The number of hydrogen-bond donors (Lipinski definition) is 0. The van der Waals surface area contributed by atoms with Gasteiger partial charge in [0.05, 0.1) is 18.7 Å². The fraction of sp³-hybridized carbons (Fsp3) is 0.529. The highest BCUT2D eigenvalue weighted by Crippen LogP contribution is 2.21. The third kappa shape index (κ3) is 3.89. The zero-order chi connectivity index (χ0) is 18.0. The van der Waals surface area contributed by atoms with E-state index in [1.807, 2.05) is 37.7 Å². The molecule has 1 unspecified atom stereocenters. The molecule has 3 heterocycles. The molecule has 8 heteroatoms. The van der Waals surface area contributed by atoms with E-state index in [9.17, 15) is 4.79 Å². The lowest BCUT2D eigenvalue weighted by atomic mass is 10.1. The number of amides is 1. The van der Waals surface area contributed by atoms with Crippen molar-refractivity contribution in [2.75, 3.05) is 32.1 Å². The Balaban J connectivity index is 1.58. The number of aryl methyl sites for hydroxylation is 2. The highest BCUT2D eigenvalue weighted by molar-refractivity contribution is 5.79. The highest BCUT2D eigenvalue weighted by atomic mass is 16.5. The van der Waals surface area contributed by atoms with Crippen LogP contribution in [0.5, 0.6) is 5.88 Å². The van der Waals surface area contributed by atoms with Crippen molar-refractivity contribution in [1.29, 1.82) is 0 Å². The molecule has 1 atom stereocenters. The van der Waals surface area contributed by atoms with Gasteiger partial charge in [-0.2, -0.15) is 0 Å². The number of nitrogens with zero attached hydrogens (tertiary/aromatic N) is 5. The Morgan fingerprint density at radius 2 is 2.20 bits per heavy atom. The van der Waals surface area contributed by atoms with E-state index in [0.29, 0.717) is 31.2 Å². The summed E-state index contributed by atoms with van der Waals surface area (Å²) < 4.78 is 11.1. The molecule has 0 aromatic carbocycles. The average Bonchev–Trinajstić information content (AvgIpc) is 3.17. The van der Waals surface area contributed by atoms with Gasteiger partial charge in [0.15, 0.2) is 0 Å². The summed E-state index contributed by atoms with van der Waals surface area (Å²) in [5, 5.41) is 3.90. The summed E-state index contributed by atoms with van der Waals surface area (Å²) >= 11 is 0. The molecule has 3 rings (SSSR count). The van der Waals surface area contributed by atoms with Crippen molar-refractivity contribution in [1.82, 2.24) is 20.0 Å². The van der Waals surface area contributed by atoms with E-state index in [1.165, 1.54) is 6.33 Å². The topological polar surface area (TPSA) is 84.6 Å². The van der Waals surface area contributed by atoms with Crippen molar-refractivity contribution in [2.45, 2.75) is 32.8 Å². The first-order valence-electron chi connectivity index (χ1n) is 8.29. The number of aromatic nitrogens is 3. The predicted molar refractivity (Wildman–Crippen MR) is 91.7 cm³/mol. The maximum Gasteiger partial charge on any atom is 0.227 e. The quantitative estimate of drug-likeness (QED) is 0.809. The first-order chi connectivity index (χ1) is 11.9. The Bertz CT molecular complexity index is 739. The Kier molecular flexibility index (Phi) is 4.87. The smallest absolute Gasteiger partial charge is 0.227 e. The van der Waals surface area contributed by atoms with Crippen LogP contribution in [0.1, 0.15) is 23.4 Å². The SMILES string of the molecule is Cc1noc(C)c1CC(=O)N1CCC(Oc2cc(N(C)C)ncn2)C1. The van der Waals surface area contributed by atoms with Gasteiger partial charge in [0.25, 0.3) is 0 Å². The van der Waals surface area contributed by atoms with E-state index in [-0.39, 0.29) is 12.0 Å². The van der Waals surface area contributed by atoms with Crippen LogP contribution in [0.4, 0.5) is 5.82 Å². The molecule has 1 amide bonds. The summed E-state index contributed by atoms with van der Waals surface area (Å²) in [6.07, 6.45) is 2.53. The van der Waals surface area contributed by atoms with Gasteiger partial charge in [0.2, 0.25) is 11.8 Å². The molecule has 0 spiro atoms. The molecule has 0 radical (unpaired) electrons. The molecule has 25 heavy (non-hydrogen) atoms. The number of likely N-dealkylation sites (tertiary alicyclic amines) is 1.